The van der Waals surface area contributed by atoms with E-state index in [1.165, 1.54) is 18.2 Å². The molecule has 106 valence electrons. The Morgan fingerprint density at radius 1 is 1.10 bits per heavy atom. The predicted molar refractivity (Wildman–Crippen MR) is 79.6 cm³/mol. The van der Waals surface area contributed by atoms with Crippen LogP contribution < -0.4 is 5.73 Å². The zero-order valence-electron chi connectivity index (χ0n) is 10.5. The Bertz CT molecular complexity index is 820. The van der Waals surface area contributed by atoms with Crippen LogP contribution in [0.5, 0.6) is 0 Å². The lowest BCUT2D eigenvalue weighted by Gasteiger charge is -2.00. The van der Waals surface area contributed by atoms with E-state index in [4.69, 9.17) is 33.5 Å². The van der Waals surface area contributed by atoms with Crippen LogP contribution in [0.15, 0.2) is 40.9 Å². The molecular formula is C14H8Cl2FN3O. The molecule has 0 aliphatic rings. The molecule has 2 N–H and O–H groups in total. The van der Waals surface area contributed by atoms with Crippen molar-refractivity contribution in [2.24, 2.45) is 0 Å². The third-order valence-electron chi connectivity index (χ3n) is 2.85. The van der Waals surface area contributed by atoms with Gasteiger partial charge in [0.25, 0.3) is 5.89 Å². The second-order valence-corrected chi connectivity index (χ2v) is 5.13. The monoisotopic (exact) mass is 323 g/mol. The number of hydrogen-bond donors (Lipinski definition) is 1. The van der Waals surface area contributed by atoms with Crippen LogP contribution in [0.1, 0.15) is 0 Å². The highest BCUT2D eigenvalue weighted by Gasteiger charge is 2.14. The fraction of sp³-hybridized carbons (Fsp3) is 0. The van der Waals surface area contributed by atoms with Gasteiger partial charge in [0.15, 0.2) is 0 Å². The molecule has 4 nitrogen and oxygen atoms in total. The summed E-state index contributed by atoms with van der Waals surface area (Å²) in [6.07, 6.45) is 0. The van der Waals surface area contributed by atoms with E-state index in [0.717, 1.165) is 0 Å². The summed E-state index contributed by atoms with van der Waals surface area (Å²) < 4.78 is 18.3. The first-order chi connectivity index (χ1) is 10.0. The third-order valence-corrected chi connectivity index (χ3v) is 3.37. The molecule has 0 unspecified atom stereocenters. The van der Waals surface area contributed by atoms with Crippen LogP contribution in [-0.2, 0) is 0 Å². The molecule has 0 radical (unpaired) electrons. The van der Waals surface area contributed by atoms with Crippen molar-refractivity contribution in [1.82, 2.24) is 10.1 Å². The Labute approximate surface area is 129 Å². The number of rotatable bonds is 2. The summed E-state index contributed by atoms with van der Waals surface area (Å²) in [5.74, 6) is 0.0342. The number of aromatic nitrogens is 2. The van der Waals surface area contributed by atoms with Gasteiger partial charge >= 0.3 is 0 Å². The Hall–Kier alpha value is -2.11. The Morgan fingerprint density at radius 3 is 2.62 bits per heavy atom. The summed E-state index contributed by atoms with van der Waals surface area (Å²) in [5.41, 5.74) is 7.41. The van der Waals surface area contributed by atoms with Crippen LogP contribution in [0.25, 0.3) is 22.8 Å². The number of anilines is 1. The average molecular weight is 324 g/mol. The number of halogens is 3. The Kier molecular flexibility index (Phi) is 3.53. The number of benzene rings is 2. The molecule has 0 saturated heterocycles. The zero-order chi connectivity index (χ0) is 15.0. The summed E-state index contributed by atoms with van der Waals surface area (Å²) in [6, 6.07) is 9.14. The average Bonchev–Trinajstić information content (AvgIpc) is 2.91. The molecule has 0 fully saturated rings. The first-order valence-corrected chi connectivity index (χ1v) is 6.65. The van der Waals surface area contributed by atoms with Crippen molar-refractivity contribution in [1.29, 1.82) is 0 Å². The Morgan fingerprint density at radius 2 is 1.90 bits per heavy atom. The van der Waals surface area contributed by atoms with Crippen LogP contribution in [-0.4, -0.2) is 10.1 Å². The van der Waals surface area contributed by atoms with Gasteiger partial charge in [0.2, 0.25) is 5.82 Å². The number of hydrogen-bond acceptors (Lipinski definition) is 4. The fourth-order valence-electron chi connectivity index (χ4n) is 1.81. The maximum Gasteiger partial charge on any atom is 0.260 e. The molecule has 0 bridgehead atoms. The standard InChI is InChI=1S/C14H8Cl2FN3O/c15-8-2-3-9(12(18)6-8)14-19-13(20-21-14)7-1-4-11(17)10(16)5-7/h1-6H,18H2. The van der Waals surface area contributed by atoms with Crippen molar-refractivity contribution in [2.45, 2.75) is 0 Å². The minimum Gasteiger partial charge on any atom is -0.398 e. The maximum atomic E-state index is 13.2. The van der Waals surface area contributed by atoms with Gasteiger partial charge in [-0.25, -0.2) is 4.39 Å². The van der Waals surface area contributed by atoms with Crippen LogP contribution in [0.4, 0.5) is 10.1 Å². The van der Waals surface area contributed by atoms with Gasteiger partial charge in [0.1, 0.15) is 5.82 Å². The highest BCUT2D eigenvalue weighted by Crippen LogP contribution is 2.29. The highest BCUT2D eigenvalue weighted by molar-refractivity contribution is 6.31. The lowest BCUT2D eigenvalue weighted by atomic mass is 10.2. The first-order valence-electron chi connectivity index (χ1n) is 5.89. The van der Waals surface area contributed by atoms with E-state index in [2.05, 4.69) is 10.1 Å². The van der Waals surface area contributed by atoms with Crippen molar-refractivity contribution in [3.05, 3.63) is 52.3 Å². The van der Waals surface area contributed by atoms with Gasteiger partial charge in [-0.3, -0.25) is 0 Å². The van der Waals surface area contributed by atoms with Gasteiger partial charge in [0, 0.05) is 16.3 Å². The summed E-state index contributed by atoms with van der Waals surface area (Å²) in [7, 11) is 0. The first kappa shape index (κ1) is 13.9. The second-order valence-electron chi connectivity index (χ2n) is 4.28. The molecule has 0 atom stereocenters. The van der Waals surface area contributed by atoms with Crippen molar-refractivity contribution in [2.75, 3.05) is 5.73 Å². The molecule has 1 aromatic heterocycles. The minimum absolute atomic E-state index is 0.00939. The third kappa shape index (κ3) is 2.70. The molecule has 0 spiro atoms. The van der Waals surface area contributed by atoms with Gasteiger partial charge in [-0.05, 0) is 36.4 Å². The van der Waals surface area contributed by atoms with Crippen LogP contribution in [0.2, 0.25) is 10.0 Å². The molecule has 7 heteroatoms. The molecule has 21 heavy (non-hydrogen) atoms. The van der Waals surface area contributed by atoms with Crippen molar-refractivity contribution in [3.63, 3.8) is 0 Å². The summed E-state index contributed by atoms with van der Waals surface area (Å²) in [5, 5.41) is 4.35. The molecule has 0 saturated carbocycles. The smallest absolute Gasteiger partial charge is 0.260 e. The van der Waals surface area contributed by atoms with Gasteiger partial charge in [-0.15, -0.1) is 0 Å². The van der Waals surface area contributed by atoms with E-state index in [9.17, 15) is 4.39 Å². The Balaban J connectivity index is 2.01. The largest absolute Gasteiger partial charge is 0.398 e. The van der Waals surface area contributed by atoms with Crippen LogP contribution in [0.3, 0.4) is 0 Å². The topological polar surface area (TPSA) is 64.9 Å². The normalized spacial score (nSPS) is 10.8. The molecule has 3 aromatic rings. The zero-order valence-corrected chi connectivity index (χ0v) is 12.0. The van der Waals surface area contributed by atoms with E-state index in [1.807, 2.05) is 0 Å². The fourth-order valence-corrected chi connectivity index (χ4v) is 2.17. The second kappa shape index (κ2) is 5.35. The molecule has 1 heterocycles. The van der Waals surface area contributed by atoms with Crippen molar-refractivity contribution in [3.8, 4) is 22.8 Å². The molecular weight excluding hydrogens is 316 g/mol. The molecule has 0 aliphatic carbocycles. The van der Waals surface area contributed by atoms with Crippen molar-refractivity contribution < 1.29 is 8.91 Å². The van der Waals surface area contributed by atoms with Gasteiger partial charge in [-0.2, -0.15) is 4.98 Å². The predicted octanol–water partition coefficient (Wildman–Crippen LogP) is 4.43. The van der Waals surface area contributed by atoms with Crippen molar-refractivity contribution >= 4 is 28.9 Å². The van der Waals surface area contributed by atoms with E-state index in [1.54, 1.807) is 18.2 Å². The van der Waals surface area contributed by atoms with E-state index in [-0.39, 0.29) is 10.9 Å². The van der Waals surface area contributed by atoms with Gasteiger partial charge in [0.05, 0.1) is 10.6 Å². The lowest BCUT2D eigenvalue weighted by Crippen LogP contribution is -1.90. The molecule has 3 rings (SSSR count). The SMILES string of the molecule is Nc1cc(Cl)ccc1-c1nc(-c2ccc(F)c(Cl)c2)no1. The molecule has 0 amide bonds. The van der Waals surface area contributed by atoms with Gasteiger partial charge in [-0.1, -0.05) is 28.4 Å². The summed E-state index contributed by atoms with van der Waals surface area (Å²) in [6.45, 7) is 0. The molecule has 0 aliphatic heterocycles. The number of nitrogen functional groups attached to an aromatic ring is 1. The number of nitrogens with zero attached hydrogens (tertiary/aromatic N) is 2. The number of nitrogens with two attached hydrogens (primary N) is 1. The van der Waals surface area contributed by atoms with E-state index < -0.39 is 5.82 Å². The summed E-state index contributed by atoms with van der Waals surface area (Å²) >= 11 is 11.6. The maximum absolute atomic E-state index is 13.2. The van der Waals surface area contributed by atoms with Gasteiger partial charge < -0.3 is 10.3 Å². The van der Waals surface area contributed by atoms with E-state index in [0.29, 0.717) is 27.7 Å². The lowest BCUT2D eigenvalue weighted by molar-refractivity contribution is 0.432. The quantitative estimate of drug-likeness (QED) is 0.708. The molecule has 2 aromatic carbocycles. The van der Waals surface area contributed by atoms with E-state index >= 15 is 0 Å². The van der Waals surface area contributed by atoms with Crippen LogP contribution >= 0.6 is 23.2 Å². The summed E-state index contributed by atoms with van der Waals surface area (Å²) in [4.78, 5) is 4.23. The highest BCUT2D eigenvalue weighted by atomic mass is 35.5. The minimum atomic E-state index is -0.508. The van der Waals surface area contributed by atoms with Crippen LogP contribution in [0, 0.1) is 5.82 Å².